The van der Waals surface area contributed by atoms with E-state index in [0.29, 0.717) is 6.10 Å². The number of piperidine rings is 1. The van der Waals surface area contributed by atoms with Crippen LogP contribution in [0.2, 0.25) is 0 Å². The molecule has 2 rings (SSSR count). The molecule has 0 aromatic heterocycles. The normalized spacial score (nSPS) is 34.4. The standard InChI is InChI=1S/C14H26N2O2/c1-2-13-8-11(5-7-18-13)9-16-6-3-4-12(10-16)14(15)17/h11-13H,2-10H2,1H3,(H2,15,17). The molecule has 2 aliphatic heterocycles. The highest BCUT2D eigenvalue weighted by atomic mass is 16.5. The summed E-state index contributed by atoms with van der Waals surface area (Å²) in [6.07, 6.45) is 5.97. The van der Waals surface area contributed by atoms with E-state index in [2.05, 4.69) is 11.8 Å². The van der Waals surface area contributed by atoms with Crippen LogP contribution in [0.25, 0.3) is 0 Å². The van der Waals surface area contributed by atoms with Crippen LogP contribution in [0.5, 0.6) is 0 Å². The molecule has 18 heavy (non-hydrogen) atoms. The van der Waals surface area contributed by atoms with E-state index < -0.39 is 0 Å². The van der Waals surface area contributed by atoms with Crippen LogP contribution in [-0.4, -0.2) is 43.2 Å². The van der Waals surface area contributed by atoms with Gasteiger partial charge >= 0.3 is 0 Å². The maximum Gasteiger partial charge on any atom is 0.221 e. The number of hydrogen-bond donors (Lipinski definition) is 1. The van der Waals surface area contributed by atoms with Crippen LogP contribution in [0.1, 0.15) is 39.0 Å². The molecule has 104 valence electrons. The molecule has 0 aliphatic carbocycles. The van der Waals surface area contributed by atoms with E-state index in [1.54, 1.807) is 0 Å². The summed E-state index contributed by atoms with van der Waals surface area (Å²) in [4.78, 5) is 13.7. The quantitative estimate of drug-likeness (QED) is 0.825. The number of rotatable bonds is 4. The number of hydrogen-bond acceptors (Lipinski definition) is 3. The first kappa shape index (κ1) is 13.8. The highest BCUT2D eigenvalue weighted by Gasteiger charge is 2.28. The highest BCUT2D eigenvalue weighted by molar-refractivity contribution is 5.76. The Morgan fingerprint density at radius 2 is 2.28 bits per heavy atom. The third kappa shape index (κ3) is 3.69. The van der Waals surface area contributed by atoms with Gasteiger partial charge in [-0.3, -0.25) is 4.79 Å². The predicted octanol–water partition coefficient (Wildman–Crippen LogP) is 1.39. The van der Waals surface area contributed by atoms with Crippen LogP contribution < -0.4 is 5.73 Å². The van der Waals surface area contributed by atoms with E-state index in [9.17, 15) is 4.79 Å². The third-order valence-corrected chi connectivity index (χ3v) is 4.36. The molecule has 0 aromatic rings. The van der Waals surface area contributed by atoms with Crippen molar-refractivity contribution in [2.24, 2.45) is 17.6 Å². The van der Waals surface area contributed by atoms with Gasteiger partial charge in [0.15, 0.2) is 0 Å². The van der Waals surface area contributed by atoms with Gasteiger partial charge in [-0.15, -0.1) is 0 Å². The fraction of sp³-hybridized carbons (Fsp3) is 0.929. The van der Waals surface area contributed by atoms with Gasteiger partial charge in [0.1, 0.15) is 0 Å². The Balaban J connectivity index is 1.79. The Kier molecular flexibility index (Phi) is 5.01. The average molecular weight is 254 g/mol. The van der Waals surface area contributed by atoms with E-state index in [0.717, 1.165) is 57.8 Å². The van der Waals surface area contributed by atoms with Gasteiger partial charge in [0, 0.05) is 19.7 Å². The van der Waals surface area contributed by atoms with Crippen molar-refractivity contribution in [3.8, 4) is 0 Å². The topological polar surface area (TPSA) is 55.6 Å². The van der Waals surface area contributed by atoms with Crippen LogP contribution in [-0.2, 0) is 9.53 Å². The van der Waals surface area contributed by atoms with Crippen molar-refractivity contribution in [3.63, 3.8) is 0 Å². The minimum absolute atomic E-state index is 0.0700. The summed E-state index contributed by atoms with van der Waals surface area (Å²) in [5.41, 5.74) is 5.42. The molecule has 2 saturated heterocycles. The molecular weight excluding hydrogens is 228 g/mol. The Bertz CT molecular complexity index is 283. The fourth-order valence-corrected chi connectivity index (χ4v) is 3.23. The van der Waals surface area contributed by atoms with Crippen molar-refractivity contribution >= 4 is 5.91 Å². The number of ether oxygens (including phenoxy) is 1. The Hall–Kier alpha value is -0.610. The molecule has 3 unspecified atom stereocenters. The number of primary amides is 1. The zero-order chi connectivity index (χ0) is 13.0. The molecule has 2 N–H and O–H groups in total. The number of likely N-dealkylation sites (tertiary alicyclic amines) is 1. The van der Waals surface area contributed by atoms with Crippen molar-refractivity contribution in [2.45, 2.75) is 45.1 Å². The van der Waals surface area contributed by atoms with Crippen LogP contribution >= 0.6 is 0 Å². The molecule has 4 heteroatoms. The first-order valence-corrected chi connectivity index (χ1v) is 7.32. The molecule has 0 radical (unpaired) electrons. The number of carbonyl (C=O) groups excluding carboxylic acids is 1. The maximum atomic E-state index is 11.3. The molecule has 0 bridgehead atoms. The Labute approximate surface area is 110 Å². The monoisotopic (exact) mass is 254 g/mol. The summed E-state index contributed by atoms with van der Waals surface area (Å²) in [7, 11) is 0. The number of nitrogens with two attached hydrogens (primary N) is 1. The average Bonchev–Trinajstić information content (AvgIpc) is 2.39. The molecule has 3 atom stereocenters. The van der Waals surface area contributed by atoms with Crippen LogP contribution in [0.4, 0.5) is 0 Å². The van der Waals surface area contributed by atoms with Gasteiger partial charge in [-0.25, -0.2) is 0 Å². The lowest BCUT2D eigenvalue weighted by atomic mass is 9.91. The van der Waals surface area contributed by atoms with Crippen molar-refractivity contribution in [1.29, 1.82) is 0 Å². The Morgan fingerprint density at radius 3 is 3.00 bits per heavy atom. The predicted molar refractivity (Wildman–Crippen MR) is 71.1 cm³/mol. The van der Waals surface area contributed by atoms with Gasteiger partial charge in [0.2, 0.25) is 5.91 Å². The van der Waals surface area contributed by atoms with Crippen LogP contribution in [0.3, 0.4) is 0 Å². The SMILES string of the molecule is CCC1CC(CN2CCCC(C(N)=O)C2)CCO1. The number of nitrogens with zero attached hydrogens (tertiary/aromatic N) is 1. The van der Waals surface area contributed by atoms with E-state index >= 15 is 0 Å². The Morgan fingerprint density at radius 1 is 1.44 bits per heavy atom. The summed E-state index contributed by atoms with van der Waals surface area (Å²) in [5, 5.41) is 0. The van der Waals surface area contributed by atoms with Gasteiger partial charge in [-0.1, -0.05) is 6.92 Å². The molecule has 4 nitrogen and oxygen atoms in total. The van der Waals surface area contributed by atoms with E-state index in [4.69, 9.17) is 10.5 Å². The van der Waals surface area contributed by atoms with Crippen molar-refractivity contribution in [3.05, 3.63) is 0 Å². The van der Waals surface area contributed by atoms with E-state index in [1.807, 2.05) is 0 Å². The first-order chi connectivity index (χ1) is 8.69. The van der Waals surface area contributed by atoms with Crippen molar-refractivity contribution < 1.29 is 9.53 Å². The van der Waals surface area contributed by atoms with Gasteiger partial charge < -0.3 is 15.4 Å². The molecular formula is C14H26N2O2. The first-order valence-electron chi connectivity index (χ1n) is 7.32. The van der Waals surface area contributed by atoms with Gasteiger partial charge in [-0.2, -0.15) is 0 Å². The zero-order valence-corrected chi connectivity index (χ0v) is 11.4. The number of amides is 1. The maximum absolute atomic E-state index is 11.3. The summed E-state index contributed by atoms with van der Waals surface area (Å²) >= 11 is 0. The molecule has 2 fully saturated rings. The van der Waals surface area contributed by atoms with E-state index in [-0.39, 0.29) is 11.8 Å². The summed E-state index contributed by atoms with van der Waals surface area (Å²) < 4.78 is 5.71. The number of carbonyl (C=O) groups is 1. The minimum Gasteiger partial charge on any atom is -0.378 e. The lowest BCUT2D eigenvalue weighted by Gasteiger charge is -2.36. The summed E-state index contributed by atoms with van der Waals surface area (Å²) in [5.74, 6) is 0.675. The van der Waals surface area contributed by atoms with Crippen LogP contribution in [0.15, 0.2) is 0 Å². The second-order valence-corrected chi connectivity index (χ2v) is 5.79. The lowest BCUT2D eigenvalue weighted by Crippen LogP contribution is -2.44. The summed E-state index contributed by atoms with van der Waals surface area (Å²) in [6.45, 7) is 6.19. The minimum atomic E-state index is -0.127. The largest absolute Gasteiger partial charge is 0.378 e. The van der Waals surface area contributed by atoms with E-state index in [1.165, 1.54) is 6.42 Å². The fourth-order valence-electron chi connectivity index (χ4n) is 3.23. The van der Waals surface area contributed by atoms with Gasteiger partial charge in [-0.05, 0) is 44.6 Å². The third-order valence-electron chi connectivity index (χ3n) is 4.36. The second kappa shape index (κ2) is 6.53. The molecule has 0 saturated carbocycles. The molecule has 2 aliphatic rings. The highest BCUT2D eigenvalue weighted by Crippen LogP contribution is 2.25. The lowest BCUT2D eigenvalue weighted by molar-refractivity contribution is -0.123. The van der Waals surface area contributed by atoms with Gasteiger partial charge in [0.25, 0.3) is 0 Å². The van der Waals surface area contributed by atoms with Gasteiger partial charge in [0.05, 0.1) is 12.0 Å². The van der Waals surface area contributed by atoms with Crippen LogP contribution in [0, 0.1) is 11.8 Å². The summed E-state index contributed by atoms with van der Waals surface area (Å²) in [6, 6.07) is 0. The van der Waals surface area contributed by atoms with Crippen molar-refractivity contribution in [2.75, 3.05) is 26.2 Å². The molecule has 1 amide bonds. The zero-order valence-electron chi connectivity index (χ0n) is 11.4. The second-order valence-electron chi connectivity index (χ2n) is 5.79. The molecule has 0 spiro atoms. The van der Waals surface area contributed by atoms with Crippen molar-refractivity contribution in [1.82, 2.24) is 4.90 Å². The smallest absolute Gasteiger partial charge is 0.221 e. The molecule has 2 heterocycles. The molecule has 0 aromatic carbocycles.